The van der Waals surface area contributed by atoms with Gasteiger partial charge in [0.1, 0.15) is 5.69 Å². The fourth-order valence-electron chi connectivity index (χ4n) is 1.84. The molecule has 1 unspecified atom stereocenters. The lowest BCUT2D eigenvalue weighted by Gasteiger charge is -2.21. The topological polar surface area (TPSA) is 68.0 Å². The molecule has 0 aliphatic carbocycles. The van der Waals surface area contributed by atoms with E-state index >= 15 is 0 Å². The van der Waals surface area contributed by atoms with E-state index in [9.17, 15) is 4.79 Å². The summed E-state index contributed by atoms with van der Waals surface area (Å²) >= 11 is 1.94. The highest BCUT2D eigenvalue weighted by Gasteiger charge is 2.15. The molecule has 0 radical (unpaired) electrons. The van der Waals surface area contributed by atoms with E-state index in [2.05, 4.69) is 10.3 Å². The second kappa shape index (κ2) is 5.91. The first-order valence-corrected chi connectivity index (χ1v) is 6.92. The van der Waals surface area contributed by atoms with Crippen molar-refractivity contribution in [3.8, 4) is 0 Å². The number of pyridine rings is 1. The maximum atomic E-state index is 11.8. The molecule has 1 atom stereocenters. The second-order valence-electron chi connectivity index (χ2n) is 4.17. The molecule has 2 rings (SSSR count). The Labute approximate surface area is 105 Å². The van der Waals surface area contributed by atoms with E-state index < -0.39 is 0 Å². The van der Waals surface area contributed by atoms with Gasteiger partial charge >= 0.3 is 0 Å². The van der Waals surface area contributed by atoms with E-state index in [-0.39, 0.29) is 5.91 Å². The lowest BCUT2D eigenvalue weighted by atomic mass is 10.2. The van der Waals surface area contributed by atoms with Gasteiger partial charge in [0.05, 0.1) is 0 Å². The highest BCUT2D eigenvalue weighted by Crippen LogP contribution is 2.24. The second-order valence-corrected chi connectivity index (χ2v) is 5.58. The fourth-order valence-corrected chi connectivity index (χ4v) is 3.08. The van der Waals surface area contributed by atoms with Crippen LogP contribution in [0.15, 0.2) is 18.3 Å². The molecule has 17 heavy (non-hydrogen) atoms. The van der Waals surface area contributed by atoms with E-state index in [1.54, 1.807) is 18.3 Å². The van der Waals surface area contributed by atoms with Crippen LogP contribution in [0.4, 0.5) is 5.69 Å². The number of nitrogen functional groups attached to an aromatic ring is 1. The van der Waals surface area contributed by atoms with Crippen LogP contribution in [-0.4, -0.2) is 28.4 Å². The number of aromatic nitrogens is 1. The Morgan fingerprint density at radius 2 is 2.47 bits per heavy atom. The zero-order valence-corrected chi connectivity index (χ0v) is 10.5. The Morgan fingerprint density at radius 3 is 3.18 bits per heavy atom. The average Bonchev–Trinajstić information content (AvgIpc) is 2.37. The third kappa shape index (κ3) is 3.63. The number of rotatable bonds is 3. The number of nitrogens with two attached hydrogens (primary N) is 1. The molecule has 3 N–H and O–H groups in total. The Kier molecular flexibility index (Phi) is 4.25. The SMILES string of the molecule is Nc1ccnc(C(=O)NCC2CCCCS2)c1. The van der Waals surface area contributed by atoms with Crippen LogP contribution >= 0.6 is 11.8 Å². The molecule has 0 bridgehead atoms. The zero-order valence-electron chi connectivity index (χ0n) is 9.69. The van der Waals surface area contributed by atoms with Crippen LogP contribution in [0.5, 0.6) is 0 Å². The summed E-state index contributed by atoms with van der Waals surface area (Å²) in [6, 6.07) is 3.27. The van der Waals surface area contributed by atoms with Gasteiger partial charge in [-0.15, -0.1) is 0 Å². The van der Waals surface area contributed by atoms with Crippen LogP contribution in [0, 0.1) is 0 Å². The predicted octanol–water partition coefficient (Wildman–Crippen LogP) is 1.68. The van der Waals surface area contributed by atoms with Crippen LogP contribution in [0.3, 0.4) is 0 Å². The van der Waals surface area contributed by atoms with Crippen LogP contribution in [0.2, 0.25) is 0 Å². The third-order valence-corrected chi connectivity index (χ3v) is 4.18. The summed E-state index contributed by atoms with van der Waals surface area (Å²) in [6.45, 7) is 0.722. The van der Waals surface area contributed by atoms with Crippen LogP contribution in [0.25, 0.3) is 0 Å². The van der Waals surface area contributed by atoms with Crippen molar-refractivity contribution in [3.05, 3.63) is 24.0 Å². The summed E-state index contributed by atoms with van der Waals surface area (Å²) < 4.78 is 0. The summed E-state index contributed by atoms with van der Waals surface area (Å²) in [7, 11) is 0. The number of nitrogens with one attached hydrogen (secondary N) is 1. The molecule has 2 heterocycles. The number of carbonyl (C=O) groups excluding carboxylic acids is 1. The highest BCUT2D eigenvalue weighted by molar-refractivity contribution is 7.99. The van der Waals surface area contributed by atoms with Gasteiger partial charge in [-0.2, -0.15) is 11.8 Å². The summed E-state index contributed by atoms with van der Waals surface area (Å²) in [5, 5.41) is 3.47. The first kappa shape index (κ1) is 12.2. The van der Waals surface area contributed by atoms with E-state index in [4.69, 9.17) is 5.73 Å². The monoisotopic (exact) mass is 251 g/mol. The van der Waals surface area contributed by atoms with Gasteiger partial charge in [0.15, 0.2) is 0 Å². The lowest BCUT2D eigenvalue weighted by Crippen LogP contribution is -2.32. The fraction of sp³-hybridized carbons (Fsp3) is 0.500. The minimum Gasteiger partial charge on any atom is -0.399 e. The van der Waals surface area contributed by atoms with Gasteiger partial charge in [-0.05, 0) is 30.7 Å². The minimum atomic E-state index is -0.136. The standard InChI is InChI=1S/C12H17N3OS/c13-9-4-5-14-11(7-9)12(16)15-8-10-3-1-2-6-17-10/h4-5,7,10H,1-3,6,8H2,(H2,13,14)(H,15,16). The van der Waals surface area contributed by atoms with Crippen molar-refractivity contribution in [2.24, 2.45) is 0 Å². The van der Waals surface area contributed by atoms with Crippen molar-refractivity contribution < 1.29 is 4.79 Å². The molecule has 0 spiro atoms. The molecule has 0 aromatic carbocycles. The van der Waals surface area contributed by atoms with Crippen molar-refractivity contribution in [1.82, 2.24) is 10.3 Å². The molecule has 1 saturated heterocycles. The molecule has 1 amide bonds. The Bertz CT molecular complexity index is 391. The van der Waals surface area contributed by atoms with Crippen molar-refractivity contribution in [1.29, 1.82) is 0 Å². The number of carbonyl (C=O) groups is 1. The molecule has 1 aliphatic rings. The van der Waals surface area contributed by atoms with E-state index in [0.29, 0.717) is 16.6 Å². The lowest BCUT2D eigenvalue weighted by molar-refractivity contribution is 0.0948. The molecule has 92 valence electrons. The molecule has 1 aromatic heterocycles. The molecule has 4 nitrogen and oxygen atoms in total. The van der Waals surface area contributed by atoms with Gasteiger partial charge in [0.2, 0.25) is 0 Å². The van der Waals surface area contributed by atoms with Gasteiger partial charge in [-0.25, -0.2) is 0 Å². The van der Waals surface area contributed by atoms with Crippen molar-refractivity contribution in [2.75, 3.05) is 18.0 Å². The molecular formula is C12H17N3OS. The Morgan fingerprint density at radius 1 is 1.59 bits per heavy atom. The Balaban J connectivity index is 1.84. The van der Waals surface area contributed by atoms with Crippen LogP contribution in [0.1, 0.15) is 29.8 Å². The largest absolute Gasteiger partial charge is 0.399 e. The van der Waals surface area contributed by atoms with Crippen molar-refractivity contribution in [2.45, 2.75) is 24.5 Å². The average molecular weight is 251 g/mol. The number of anilines is 1. The van der Waals surface area contributed by atoms with Gasteiger partial charge in [-0.3, -0.25) is 9.78 Å². The normalized spacial score (nSPS) is 19.9. The molecule has 5 heteroatoms. The summed E-state index contributed by atoms with van der Waals surface area (Å²) in [5.74, 6) is 1.07. The first-order chi connectivity index (χ1) is 8.25. The summed E-state index contributed by atoms with van der Waals surface area (Å²) in [5.41, 5.74) is 6.57. The van der Waals surface area contributed by atoms with E-state index in [1.807, 2.05) is 11.8 Å². The summed E-state index contributed by atoms with van der Waals surface area (Å²) in [6.07, 6.45) is 5.31. The quantitative estimate of drug-likeness (QED) is 0.857. The number of nitrogens with zero attached hydrogens (tertiary/aromatic N) is 1. The number of hydrogen-bond donors (Lipinski definition) is 2. The van der Waals surface area contributed by atoms with E-state index in [1.165, 1.54) is 25.0 Å². The molecular weight excluding hydrogens is 234 g/mol. The maximum Gasteiger partial charge on any atom is 0.269 e. The van der Waals surface area contributed by atoms with Crippen molar-refractivity contribution >= 4 is 23.4 Å². The van der Waals surface area contributed by atoms with Crippen molar-refractivity contribution in [3.63, 3.8) is 0 Å². The zero-order chi connectivity index (χ0) is 12.1. The smallest absolute Gasteiger partial charge is 0.269 e. The van der Waals surface area contributed by atoms with Crippen LogP contribution in [-0.2, 0) is 0 Å². The van der Waals surface area contributed by atoms with Gasteiger partial charge in [0.25, 0.3) is 5.91 Å². The maximum absolute atomic E-state index is 11.8. The highest BCUT2D eigenvalue weighted by atomic mass is 32.2. The molecule has 1 fully saturated rings. The molecule has 1 aliphatic heterocycles. The molecule has 1 aromatic rings. The van der Waals surface area contributed by atoms with Gasteiger partial charge in [0, 0.05) is 23.7 Å². The summed E-state index contributed by atoms with van der Waals surface area (Å²) in [4.78, 5) is 15.8. The molecule has 0 saturated carbocycles. The van der Waals surface area contributed by atoms with Gasteiger partial charge in [-0.1, -0.05) is 6.42 Å². The van der Waals surface area contributed by atoms with Crippen LogP contribution < -0.4 is 11.1 Å². The number of hydrogen-bond acceptors (Lipinski definition) is 4. The first-order valence-electron chi connectivity index (χ1n) is 5.87. The predicted molar refractivity (Wildman–Crippen MR) is 71.1 cm³/mol. The number of amides is 1. The minimum absolute atomic E-state index is 0.136. The van der Waals surface area contributed by atoms with Gasteiger partial charge < -0.3 is 11.1 Å². The van der Waals surface area contributed by atoms with E-state index in [0.717, 1.165) is 6.54 Å². The number of thioether (sulfide) groups is 1. The third-order valence-electron chi connectivity index (χ3n) is 2.78. The Hall–Kier alpha value is -1.23.